The van der Waals surface area contributed by atoms with Crippen molar-refractivity contribution in [1.29, 1.82) is 0 Å². The highest BCUT2D eigenvalue weighted by atomic mass is 32.1. The third-order valence-corrected chi connectivity index (χ3v) is 3.04. The van der Waals surface area contributed by atoms with E-state index in [9.17, 15) is 17.6 Å². The van der Waals surface area contributed by atoms with Gasteiger partial charge in [-0.15, -0.1) is 11.3 Å². The highest BCUT2D eigenvalue weighted by molar-refractivity contribution is 7.09. The lowest BCUT2D eigenvalue weighted by Gasteiger charge is -2.15. The number of rotatable bonds is 6. The number of nitrogens with two attached hydrogens (primary N) is 1. The van der Waals surface area contributed by atoms with Gasteiger partial charge in [0.1, 0.15) is 5.01 Å². The summed E-state index contributed by atoms with van der Waals surface area (Å²) in [5.74, 6) is -4.01. The van der Waals surface area contributed by atoms with Crippen LogP contribution in [0.4, 0.5) is 17.6 Å². The third-order valence-electron chi connectivity index (χ3n) is 1.95. The van der Waals surface area contributed by atoms with Gasteiger partial charge in [0.15, 0.2) is 0 Å². The molecule has 0 aliphatic rings. The standard InChI is InChI=1S/C9H13F4N3S/c1-5(14)7-16-6(3-17-7)2-15-4-9(12,13)8(10)11/h3,5,8,15H,2,4,14H2,1H3. The first-order valence-corrected chi connectivity index (χ1v) is 5.77. The van der Waals surface area contributed by atoms with Crippen LogP contribution in [0, 0.1) is 0 Å². The Kier molecular flexibility index (Phi) is 4.84. The number of nitrogens with zero attached hydrogens (tertiary/aromatic N) is 1. The molecule has 1 rings (SSSR count). The number of hydrogen-bond donors (Lipinski definition) is 2. The number of hydrogen-bond acceptors (Lipinski definition) is 4. The molecule has 0 aromatic carbocycles. The number of nitrogens with one attached hydrogen (secondary N) is 1. The van der Waals surface area contributed by atoms with Crippen molar-refractivity contribution in [2.75, 3.05) is 6.54 Å². The van der Waals surface area contributed by atoms with Gasteiger partial charge >= 0.3 is 12.3 Å². The molecular formula is C9H13F4N3S. The Morgan fingerprint density at radius 1 is 1.53 bits per heavy atom. The molecule has 0 spiro atoms. The van der Waals surface area contributed by atoms with Crippen molar-refractivity contribution in [3.05, 3.63) is 16.1 Å². The first-order valence-electron chi connectivity index (χ1n) is 4.89. The molecule has 1 atom stereocenters. The molecule has 98 valence electrons. The van der Waals surface area contributed by atoms with Gasteiger partial charge in [-0.25, -0.2) is 13.8 Å². The van der Waals surface area contributed by atoms with Crippen molar-refractivity contribution in [1.82, 2.24) is 10.3 Å². The van der Waals surface area contributed by atoms with E-state index in [0.29, 0.717) is 10.7 Å². The second-order valence-electron chi connectivity index (χ2n) is 3.63. The smallest absolute Gasteiger partial charge is 0.319 e. The van der Waals surface area contributed by atoms with Crippen LogP contribution in [0.3, 0.4) is 0 Å². The zero-order chi connectivity index (χ0) is 13.1. The molecule has 8 heteroatoms. The predicted molar refractivity (Wildman–Crippen MR) is 57.4 cm³/mol. The summed E-state index contributed by atoms with van der Waals surface area (Å²) < 4.78 is 48.7. The van der Waals surface area contributed by atoms with E-state index in [1.807, 2.05) is 0 Å². The van der Waals surface area contributed by atoms with Crippen molar-refractivity contribution in [3.63, 3.8) is 0 Å². The maximum Gasteiger partial charge on any atom is 0.319 e. The van der Waals surface area contributed by atoms with Crippen LogP contribution in [-0.2, 0) is 6.54 Å². The molecule has 0 bridgehead atoms. The second kappa shape index (κ2) is 5.74. The van der Waals surface area contributed by atoms with Gasteiger partial charge in [-0.3, -0.25) is 0 Å². The zero-order valence-corrected chi connectivity index (χ0v) is 9.91. The van der Waals surface area contributed by atoms with E-state index in [2.05, 4.69) is 10.3 Å². The Labute approximate surface area is 100 Å². The van der Waals surface area contributed by atoms with Gasteiger partial charge in [0.05, 0.1) is 18.3 Å². The fraction of sp³-hybridized carbons (Fsp3) is 0.667. The number of aromatic nitrogens is 1. The Morgan fingerprint density at radius 2 is 2.18 bits per heavy atom. The molecule has 1 unspecified atom stereocenters. The lowest BCUT2D eigenvalue weighted by atomic mass is 10.3. The van der Waals surface area contributed by atoms with Crippen LogP contribution in [0.25, 0.3) is 0 Å². The van der Waals surface area contributed by atoms with Gasteiger partial charge in [0, 0.05) is 11.9 Å². The van der Waals surface area contributed by atoms with Gasteiger partial charge in [-0.2, -0.15) is 8.78 Å². The average molecular weight is 271 g/mol. The minimum absolute atomic E-state index is 0.0194. The van der Waals surface area contributed by atoms with Crippen LogP contribution in [-0.4, -0.2) is 23.9 Å². The summed E-state index contributed by atoms with van der Waals surface area (Å²) in [6.45, 7) is 0.697. The molecule has 0 aliphatic carbocycles. The lowest BCUT2D eigenvalue weighted by Crippen LogP contribution is -2.38. The molecule has 0 radical (unpaired) electrons. The number of halogens is 4. The highest BCUT2D eigenvalue weighted by Crippen LogP contribution is 2.21. The molecule has 0 saturated carbocycles. The van der Waals surface area contributed by atoms with Gasteiger partial charge in [0.25, 0.3) is 0 Å². The Bertz CT molecular complexity index is 354. The van der Waals surface area contributed by atoms with E-state index in [1.54, 1.807) is 12.3 Å². The van der Waals surface area contributed by atoms with Crippen molar-refractivity contribution < 1.29 is 17.6 Å². The molecule has 17 heavy (non-hydrogen) atoms. The van der Waals surface area contributed by atoms with Crippen LogP contribution in [0.2, 0.25) is 0 Å². The van der Waals surface area contributed by atoms with Gasteiger partial charge in [0.2, 0.25) is 0 Å². The number of alkyl halides is 4. The molecule has 3 N–H and O–H groups in total. The molecule has 0 saturated heterocycles. The van der Waals surface area contributed by atoms with Crippen LogP contribution >= 0.6 is 11.3 Å². The van der Waals surface area contributed by atoms with Crippen LogP contribution in [0.15, 0.2) is 5.38 Å². The van der Waals surface area contributed by atoms with Gasteiger partial charge in [-0.05, 0) is 6.92 Å². The predicted octanol–water partition coefficient (Wildman–Crippen LogP) is 2.15. The van der Waals surface area contributed by atoms with Crippen LogP contribution in [0.5, 0.6) is 0 Å². The topological polar surface area (TPSA) is 50.9 Å². The van der Waals surface area contributed by atoms with Crippen molar-refractivity contribution in [2.45, 2.75) is 31.9 Å². The maximum absolute atomic E-state index is 12.5. The first-order chi connectivity index (χ1) is 7.83. The highest BCUT2D eigenvalue weighted by Gasteiger charge is 2.39. The molecule has 3 nitrogen and oxygen atoms in total. The van der Waals surface area contributed by atoms with E-state index in [4.69, 9.17) is 5.73 Å². The van der Waals surface area contributed by atoms with Crippen molar-refractivity contribution in [3.8, 4) is 0 Å². The summed E-state index contributed by atoms with van der Waals surface area (Å²) in [6, 6.07) is -0.226. The molecule has 0 aliphatic heterocycles. The molecular weight excluding hydrogens is 258 g/mol. The monoisotopic (exact) mass is 271 g/mol. The third kappa shape index (κ3) is 4.21. The fourth-order valence-corrected chi connectivity index (χ4v) is 1.82. The van der Waals surface area contributed by atoms with E-state index in [1.165, 1.54) is 11.3 Å². The van der Waals surface area contributed by atoms with E-state index in [-0.39, 0.29) is 12.6 Å². The Balaban J connectivity index is 2.41. The number of thiazole rings is 1. The molecule has 1 heterocycles. The van der Waals surface area contributed by atoms with E-state index < -0.39 is 18.9 Å². The van der Waals surface area contributed by atoms with E-state index >= 15 is 0 Å². The summed E-state index contributed by atoms with van der Waals surface area (Å²) in [7, 11) is 0. The molecule has 0 fully saturated rings. The van der Waals surface area contributed by atoms with Crippen molar-refractivity contribution in [2.24, 2.45) is 5.73 Å². The van der Waals surface area contributed by atoms with Crippen LogP contribution < -0.4 is 11.1 Å². The minimum Gasteiger partial charge on any atom is -0.322 e. The average Bonchev–Trinajstić information content (AvgIpc) is 2.66. The molecule has 1 aromatic heterocycles. The summed E-state index contributed by atoms with van der Waals surface area (Å²) in [4.78, 5) is 4.07. The second-order valence-corrected chi connectivity index (χ2v) is 4.52. The largest absolute Gasteiger partial charge is 0.322 e. The SMILES string of the molecule is CC(N)c1nc(CNCC(F)(F)C(F)F)cs1. The van der Waals surface area contributed by atoms with E-state index in [0.717, 1.165) is 0 Å². The van der Waals surface area contributed by atoms with Crippen molar-refractivity contribution >= 4 is 11.3 Å². The normalized spacial score (nSPS) is 14.3. The van der Waals surface area contributed by atoms with Crippen LogP contribution in [0.1, 0.15) is 23.7 Å². The summed E-state index contributed by atoms with van der Waals surface area (Å²) in [5, 5.41) is 4.59. The zero-order valence-electron chi connectivity index (χ0n) is 9.09. The quantitative estimate of drug-likeness (QED) is 0.779. The minimum atomic E-state index is -4.01. The first kappa shape index (κ1) is 14.3. The molecule has 0 amide bonds. The summed E-state index contributed by atoms with van der Waals surface area (Å²) >= 11 is 1.31. The Morgan fingerprint density at radius 3 is 2.65 bits per heavy atom. The fourth-order valence-electron chi connectivity index (χ4n) is 1.05. The summed E-state index contributed by atoms with van der Waals surface area (Å²) in [6.07, 6.45) is -3.66. The van der Waals surface area contributed by atoms with Gasteiger partial charge < -0.3 is 11.1 Å². The molecule has 1 aromatic rings. The van der Waals surface area contributed by atoms with Gasteiger partial charge in [-0.1, -0.05) is 0 Å². The Hall–Kier alpha value is -0.730. The lowest BCUT2D eigenvalue weighted by molar-refractivity contribution is -0.125. The summed E-state index contributed by atoms with van der Waals surface area (Å²) in [5.41, 5.74) is 6.09. The maximum atomic E-state index is 12.5.